The largest absolute Gasteiger partial charge is 0.491 e. The lowest BCUT2D eigenvalue weighted by atomic mass is 10.0. The van der Waals surface area contributed by atoms with Crippen molar-refractivity contribution in [2.24, 2.45) is 5.92 Å². The van der Waals surface area contributed by atoms with Gasteiger partial charge in [0.25, 0.3) is 5.91 Å². The van der Waals surface area contributed by atoms with Crippen molar-refractivity contribution < 1.29 is 27.5 Å². The topological polar surface area (TPSA) is 93.2 Å². The molecule has 1 amide bonds. The van der Waals surface area contributed by atoms with Crippen LogP contribution < -0.4 is 15.4 Å². The first kappa shape index (κ1) is 20.7. The van der Waals surface area contributed by atoms with Gasteiger partial charge in [-0.3, -0.25) is 10.1 Å². The number of para-hydroxylation sites is 1. The van der Waals surface area contributed by atoms with Crippen molar-refractivity contribution in [3.8, 4) is 5.75 Å². The summed E-state index contributed by atoms with van der Waals surface area (Å²) in [6, 6.07) is 4.56. The van der Waals surface area contributed by atoms with Crippen LogP contribution in [0.5, 0.6) is 5.75 Å². The third kappa shape index (κ3) is 4.78. The zero-order valence-electron chi connectivity index (χ0n) is 16.0. The van der Waals surface area contributed by atoms with Crippen molar-refractivity contribution in [1.82, 2.24) is 15.5 Å². The van der Waals surface area contributed by atoms with Crippen molar-refractivity contribution in [2.45, 2.75) is 44.3 Å². The van der Waals surface area contributed by atoms with Crippen molar-refractivity contribution in [3.63, 3.8) is 0 Å². The number of halogens is 3. The van der Waals surface area contributed by atoms with Gasteiger partial charge in [0, 0.05) is 17.5 Å². The predicted molar refractivity (Wildman–Crippen MR) is 103 cm³/mol. The number of hydrogen-bond donors (Lipinski definition) is 2. The fraction of sp³-hybridized carbons (Fsp3) is 0.474. The zero-order chi connectivity index (χ0) is 21.5. The van der Waals surface area contributed by atoms with Crippen LogP contribution in [0.25, 0.3) is 0 Å². The molecule has 0 spiro atoms. The summed E-state index contributed by atoms with van der Waals surface area (Å²) in [6.07, 6.45) is -2.12. The van der Waals surface area contributed by atoms with Crippen molar-refractivity contribution >= 4 is 28.3 Å². The molecule has 7 nitrogen and oxygen atoms in total. The average Bonchev–Trinajstić information content (AvgIpc) is 3.59. The van der Waals surface area contributed by atoms with Gasteiger partial charge in [-0.15, -0.1) is 10.2 Å². The summed E-state index contributed by atoms with van der Waals surface area (Å²) in [5.41, 5.74) is 0.243. The maximum atomic E-state index is 12.9. The van der Waals surface area contributed by atoms with E-state index in [2.05, 4.69) is 20.8 Å². The van der Waals surface area contributed by atoms with Gasteiger partial charge in [0.15, 0.2) is 0 Å². The van der Waals surface area contributed by atoms with Gasteiger partial charge in [-0.1, -0.05) is 23.5 Å². The number of amides is 1. The van der Waals surface area contributed by atoms with Gasteiger partial charge in [0.2, 0.25) is 5.13 Å². The summed E-state index contributed by atoms with van der Waals surface area (Å²) < 4.78 is 43.3. The van der Waals surface area contributed by atoms with Gasteiger partial charge < -0.3 is 10.1 Å². The van der Waals surface area contributed by atoms with Gasteiger partial charge >= 0.3 is 12.1 Å². The first-order chi connectivity index (χ1) is 14.2. The number of carbonyl (C=O) groups excluding carboxylic acids is 2. The molecule has 0 bridgehead atoms. The van der Waals surface area contributed by atoms with E-state index in [1.54, 1.807) is 19.1 Å². The molecular weight excluding hydrogens is 421 g/mol. The van der Waals surface area contributed by atoms with Gasteiger partial charge in [-0.25, -0.2) is 4.79 Å². The second kappa shape index (κ2) is 7.95. The number of alkyl halides is 3. The third-order valence-corrected chi connectivity index (χ3v) is 5.77. The van der Waals surface area contributed by atoms with E-state index in [1.165, 1.54) is 18.9 Å². The molecule has 0 saturated heterocycles. The summed E-state index contributed by atoms with van der Waals surface area (Å²) in [5.74, 6) is -2.92. The van der Waals surface area contributed by atoms with Crippen LogP contribution in [0, 0.1) is 12.8 Å². The number of hydrogen-bond acceptors (Lipinski definition) is 7. The van der Waals surface area contributed by atoms with E-state index < -0.39 is 18.1 Å². The molecule has 1 aromatic carbocycles. The molecule has 30 heavy (non-hydrogen) atoms. The van der Waals surface area contributed by atoms with Gasteiger partial charge in [0.05, 0.1) is 5.56 Å². The van der Waals surface area contributed by atoms with E-state index in [9.17, 15) is 22.8 Å². The standard InChI is InChI=1S/C19H19F3N4O3S/c1-9-25-26-18(30-9)24-16(27)12-4-2-3-11(15(12)29-17(28)19(20,21)22)13-7-14(13)23-8-10-5-6-10/h2-4,10,13-14,23H,5-8H2,1H3,(H,24,26,27). The van der Waals surface area contributed by atoms with Crippen LogP contribution in [0.15, 0.2) is 18.2 Å². The van der Waals surface area contributed by atoms with Crippen LogP contribution in [-0.4, -0.2) is 40.8 Å². The summed E-state index contributed by atoms with van der Waals surface area (Å²) in [6.45, 7) is 2.56. The van der Waals surface area contributed by atoms with Gasteiger partial charge in [-0.2, -0.15) is 13.2 Å². The van der Waals surface area contributed by atoms with E-state index in [-0.39, 0.29) is 28.4 Å². The number of carbonyl (C=O) groups is 2. The SMILES string of the molecule is Cc1nnc(NC(=O)c2cccc(C3CC3NCC3CC3)c2OC(=O)C(F)(F)F)s1. The van der Waals surface area contributed by atoms with Crippen molar-refractivity contribution in [1.29, 1.82) is 0 Å². The lowest BCUT2D eigenvalue weighted by Crippen LogP contribution is -2.29. The fourth-order valence-corrected chi connectivity index (χ4v) is 3.79. The molecule has 2 atom stereocenters. The highest BCUT2D eigenvalue weighted by atomic mass is 32.1. The Kier molecular flexibility index (Phi) is 5.49. The van der Waals surface area contributed by atoms with Crippen LogP contribution in [0.2, 0.25) is 0 Å². The smallest absolute Gasteiger partial charge is 0.419 e. The summed E-state index contributed by atoms with van der Waals surface area (Å²) in [5, 5.41) is 14.3. The molecule has 0 aliphatic heterocycles. The summed E-state index contributed by atoms with van der Waals surface area (Å²) in [4.78, 5) is 24.3. The van der Waals surface area contributed by atoms with Crippen LogP contribution in [-0.2, 0) is 4.79 Å². The molecule has 160 valence electrons. The van der Waals surface area contributed by atoms with Crippen LogP contribution in [0.1, 0.15) is 46.1 Å². The lowest BCUT2D eigenvalue weighted by molar-refractivity contribution is -0.189. The minimum Gasteiger partial charge on any atom is -0.419 e. The Morgan fingerprint density at radius 1 is 1.27 bits per heavy atom. The summed E-state index contributed by atoms with van der Waals surface area (Å²) in [7, 11) is 0. The minimum atomic E-state index is -5.18. The molecule has 4 rings (SSSR count). The first-order valence-corrected chi connectivity index (χ1v) is 10.3. The van der Waals surface area contributed by atoms with E-state index in [4.69, 9.17) is 4.74 Å². The van der Waals surface area contributed by atoms with Gasteiger partial charge in [0.1, 0.15) is 10.8 Å². The molecule has 1 heterocycles. The molecule has 2 aliphatic rings. The van der Waals surface area contributed by atoms with E-state index in [0.717, 1.165) is 17.9 Å². The van der Waals surface area contributed by atoms with Crippen LogP contribution in [0.3, 0.4) is 0 Å². The highest BCUT2D eigenvalue weighted by Crippen LogP contribution is 2.46. The number of anilines is 1. The maximum Gasteiger partial charge on any atom is 0.491 e. The van der Waals surface area contributed by atoms with Crippen molar-refractivity contribution in [2.75, 3.05) is 11.9 Å². The number of aromatic nitrogens is 2. The van der Waals surface area contributed by atoms with Crippen molar-refractivity contribution in [3.05, 3.63) is 34.3 Å². The number of ether oxygens (including phenoxy) is 1. The normalized spacial score (nSPS) is 20.7. The highest BCUT2D eigenvalue weighted by molar-refractivity contribution is 7.15. The van der Waals surface area contributed by atoms with Crippen LogP contribution >= 0.6 is 11.3 Å². The number of benzene rings is 1. The second-order valence-electron chi connectivity index (χ2n) is 7.49. The monoisotopic (exact) mass is 440 g/mol. The third-order valence-electron chi connectivity index (χ3n) is 5.02. The summed E-state index contributed by atoms with van der Waals surface area (Å²) >= 11 is 1.12. The Labute approximate surface area is 174 Å². The number of esters is 1. The molecule has 2 saturated carbocycles. The molecule has 1 aromatic heterocycles. The number of aryl methyl sites for hydroxylation is 1. The Hall–Kier alpha value is -2.53. The molecule has 0 radical (unpaired) electrons. The first-order valence-electron chi connectivity index (χ1n) is 9.49. The number of nitrogens with zero attached hydrogens (tertiary/aromatic N) is 2. The Bertz CT molecular complexity index is 974. The van der Waals surface area contributed by atoms with Crippen LogP contribution in [0.4, 0.5) is 18.3 Å². The molecule has 2 fully saturated rings. The molecule has 2 aliphatic carbocycles. The number of rotatable bonds is 7. The van der Waals surface area contributed by atoms with E-state index in [1.807, 2.05) is 0 Å². The van der Waals surface area contributed by atoms with Gasteiger partial charge in [-0.05, 0) is 44.7 Å². The highest BCUT2D eigenvalue weighted by Gasteiger charge is 2.45. The Morgan fingerprint density at radius 2 is 2.03 bits per heavy atom. The Morgan fingerprint density at radius 3 is 2.67 bits per heavy atom. The minimum absolute atomic E-state index is 0.0815. The molecule has 11 heteroatoms. The maximum absolute atomic E-state index is 12.9. The fourth-order valence-electron chi connectivity index (χ4n) is 3.21. The second-order valence-corrected chi connectivity index (χ2v) is 8.67. The average molecular weight is 440 g/mol. The van der Waals surface area contributed by atoms with E-state index >= 15 is 0 Å². The lowest BCUT2D eigenvalue weighted by Gasteiger charge is -2.15. The molecule has 2 N–H and O–H groups in total. The predicted octanol–water partition coefficient (Wildman–Crippen LogP) is 3.42. The number of nitrogens with one attached hydrogen (secondary N) is 2. The molecule has 2 unspecified atom stereocenters. The molecule has 2 aromatic rings. The van der Waals surface area contributed by atoms with E-state index in [0.29, 0.717) is 22.9 Å². The Balaban J connectivity index is 1.59. The zero-order valence-corrected chi connectivity index (χ0v) is 16.8. The quantitative estimate of drug-likeness (QED) is 0.506. The molecular formula is C19H19F3N4O3S.